The molecule has 0 saturated heterocycles. The van der Waals surface area contributed by atoms with E-state index in [0.717, 1.165) is 48.8 Å². The molecule has 0 amide bonds. The maximum Gasteiger partial charge on any atom is 0.194 e. The minimum absolute atomic E-state index is 0.0465. The van der Waals surface area contributed by atoms with Gasteiger partial charge in [0.05, 0.1) is 0 Å². The minimum Gasteiger partial charge on any atom is -0.377 e. The Morgan fingerprint density at radius 2 is 1.78 bits per heavy atom. The Kier molecular flexibility index (Phi) is 6.35. The second-order valence-electron chi connectivity index (χ2n) is 6.37. The van der Waals surface area contributed by atoms with E-state index in [-0.39, 0.29) is 5.78 Å². The molecule has 0 fully saturated rings. The lowest BCUT2D eigenvalue weighted by Crippen LogP contribution is -2.51. The van der Waals surface area contributed by atoms with Crippen molar-refractivity contribution in [3.63, 3.8) is 0 Å². The van der Waals surface area contributed by atoms with Gasteiger partial charge in [0.25, 0.3) is 0 Å². The van der Waals surface area contributed by atoms with Gasteiger partial charge in [-0.3, -0.25) is 4.79 Å². The lowest BCUT2D eigenvalue weighted by Gasteiger charge is -2.40. The van der Waals surface area contributed by atoms with Gasteiger partial charge < -0.3 is 5.11 Å². The Hall–Kier alpha value is -1.67. The zero-order valence-electron chi connectivity index (χ0n) is 14.3. The summed E-state index contributed by atoms with van der Waals surface area (Å²) in [7, 11) is 0. The van der Waals surface area contributed by atoms with Crippen molar-refractivity contribution in [2.24, 2.45) is 0 Å². The summed E-state index contributed by atoms with van der Waals surface area (Å²) in [6, 6.07) is 10.1. The second kappa shape index (κ2) is 8.26. The first kappa shape index (κ1) is 17.7. The third-order valence-electron chi connectivity index (χ3n) is 4.62. The van der Waals surface area contributed by atoms with Crippen molar-refractivity contribution in [3.8, 4) is 0 Å². The van der Waals surface area contributed by atoms with Crippen molar-refractivity contribution in [1.82, 2.24) is 0 Å². The molecule has 124 valence electrons. The fourth-order valence-corrected chi connectivity index (χ4v) is 3.21. The summed E-state index contributed by atoms with van der Waals surface area (Å²) >= 11 is 0. The van der Waals surface area contributed by atoms with Gasteiger partial charge in [0.1, 0.15) is 5.60 Å². The van der Waals surface area contributed by atoms with Crippen LogP contribution in [0.5, 0.6) is 0 Å². The SMILES string of the molecule is CCCCC1=C(C/C=C/c2ccccc2)C(=O)C1(O)CCCC. The lowest BCUT2D eigenvalue weighted by atomic mass is 9.66. The molecule has 2 rings (SSSR count). The van der Waals surface area contributed by atoms with E-state index >= 15 is 0 Å². The van der Waals surface area contributed by atoms with E-state index in [0.29, 0.717) is 12.8 Å². The number of carbonyl (C=O) groups excluding carboxylic acids is 1. The third kappa shape index (κ3) is 4.00. The van der Waals surface area contributed by atoms with Crippen LogP contribution in [0.3, 0.4) is 0 Å². The van der Waals surface area contributed by atoms with E-state index < -0.39 is 5.60 Å². The fraction of sp³-hybridized carbons (Fsp3) is 0.476. The zero-order valence-corrected chi connectivity index (χ0v) is 14.3. The van der Waals surface area contributed by atoms with Crippen molar-refractivity contribution >= 4 is 11.9 Å². The maximum atomic E-state index is 12.5. The van der Waals surface area contributed by atoms with Gasteiger partial charge in [0, 0.05) is 5.57 Å². The molecule has 0 radical (unpaired) electrons. The number of benzene rings is 1. The third-order valence-corrected chi connectivity index (χ3v) is 4.62. The summed E-state index contributed by atoms with van der Waals surface area (Å²) in [5.41, 5.74) is 1.80. The van der Waals surface area contributed by atoms with Gasteiger partial charge in [-0.15, -0.1) is 0 Å². The molecule has 23 heavy (non-hydrogen) atoms. The van der Waals surface area contributed by atoms with Crippen molar-refractivity contribution in [2.45, 2.75) is 64.4 Å². The number of carbonyl (C=O) groups is 1. The summed E-state index contributed by atoms with van der Waals surface area (Å²) in [5.74, 6) is -0.0465. The molecule has 0 heterocycles. The lowest BCUT2D eigenvalue weighted by molar-refractivity contribution is -0.135. The Balaban J connectivity index is 2.11. The van der Waals surface area contributed by atoms with Gasteiger partial charge in [-0.05, 0) is 36.8 Å². The molecule has 1 aromatic carbocycles. The first-order valence-corrected chi connectivity index (χ1v) is 8.84. The van der Waals surface area contributed by atoms with Gasteiger partial charge in [0.2, 0.25) is 0 Å². The summed E-state index contributed by atoms with van der Waals surface area (Å²) in [5, 5.41) is 10.8. The molecule has 0 saturated carbocycles. The quantitative estimate of drug-likeness (QED) is 0.690. The molecule has 2 heteroatoms. The first-order valence-electron chi connectivity index (χ1n) is 8.84. The zero-order chi connectivity index (χ0) is 16.7. The molecular formula is C21H28O2. The van der Waals surface area contributed by atoms with Crippen molar-refractivity contribution in [3.05, 3.63) is 53.1 Å². The molecule has 0 bridgehead atoms. The van der Waals surface area contributed by atoms with Gasteiger partial charge in [-0.1, -0.05) is 75.6 Å². The summed E-state index contributed by atoms with van der Waals surface area (Å²) in [4.78, 5) is 12.5. The minimum atomic E-state index is -1.17. The topological polar surface area (TPSA) is 37.3 Å². The van der Waals surface area contributed by atoms with Crippen molar-refractivity contribution in [2.75, 3.05) is 0 Å². The molecule has 0 aliphatic heterocycles. The number of unbranched alkanes of at least 4 members (excludes halogenated alkanes) is 2. The molecule has 1 aliphatic rings. The van der Waals surface area contributed by atoms with Crippen molar-refractivity contribution < 1.29 is 9.90 Å². The van der Waals surface area contributed by atoms with Crippen LogP contribution < -0.4 is 0 Å². The van der Waals surface area contributed by atoms with Crippen LogP contribution in [0, 0.1) is 0 Å². The Morgan fingerprint density at radius 3 is 2.43 bits per heavy atom. The molecule has 1 N–H and O–H groups in total. The average molecular weight is 312 g/mol. The molecule has 1 unspecified atom stereocenters. The fourth-order valence-electron chi connectivity index (χ4n) is 3.21. The number of hydrogen-bond acceptors (Lipinski definition) is 2. The maximum absolute atomic E-state index is 12.5. The average Bonchev–Trinajstić information content (AvgIpc) is 2.59. The Bertz CT molecular complexity index is 583. The first-order chi connectivity index (χ1) is 11.1. The highest BCUT2D eigenvalue weighted by atomic mass is 16.3. The van der Waals surface area contributed by atoms with Gasteiger partial charge in [-0.2, -0.15) is 0 Å². The van der Waals surface area contributed by atoms with E-state index in [2.05, 4.69) is 13.8 Å². The summed E-state index contributed by atoms with van der Waals surface area (Å²) in [6.07, 6.45) is 10.1. The number of rotatable bonds is 9. The van der Waals surface area contributed by atoms with Crippen LogP contribution in [0.25, 0.3) is 6.08 Å². The summed E-state index contributed by atoms with van der Waals surface area (Å²) < 4.78 is 0. The van der Waals surface area contributed by atoms with Crippen LogP contribution in [0.2, 0.25) is 0 Å². The number of allylic oxidation sites excluding steroid dienone is 1. The van der Waals surface area contributed by atoms with Crippen LogP contribution in [-0.2, 0) is 4.79 Å². The highest BCUT2D eigenvalue weighted by molar-refractivity contribution is 6.12. The number of ketones is 1. The van der Waals surface area contributed by atoms with Crippen LogP contribution in [0.15, 0.2) is 47.6 Å². The number of Topliss-reactive ketones (excluding diaryl/α,β-unsaturated/α-hetero) is 1. The van der Waals surface area contributed by atoms with Gasteiger partial charge in [-0.25, -0.2) is 0 Å². The van der Waals surface area contributed by atoms with Gasteiger partial charge >= 0.3 is 0 Å². The predicted molar refractivity (Wildman–Crippen MR) is 96.1 cm³/mol. The van der Waals surface area contributed by atoms with Crippen LogP contribution >= 0.6 is 0 Å². The molecule has 0 aromatic heterocycles. The standard InChI is InChI=1S/C21H28O2/c1-3-5-15-19-18(20(22)21(19,23)16-6-4-2)14-10-13-17-11-8-7-9-12-17/h7-13,23H,3-6,14-16H2,1-2H3/b13-10+. The predicted octanol–water partition coefficient (Wildman–Crippen LogP) is 5.08. The van der Waals surface area contributed by atoms with E-state index in [1.165, 1.54) is 0 Å². The Morgan fingerprint density at radius 1 is 1.09 bits per heavy atom. The second-order valence-corrected chi connectivity index (χ2v) is 6.37. The molecule has 1 aromatic rings. The van der Waals surface area contributed by atoms with E-state index in [9.17, 15) is 9.90 Å². The highest BCUT2D eigenvalue weighted by Crippen LogP contribution is 2.43. The normalized spacial score (nSPS) is 21.1. The van der Waals surface area contributed by atoms with Crippen molar-refractivity contribution in [1.29, 1.82) is 0 Å². The highest BCUT2D eigenvalue weighted by Gasteiger charge is 2.50. The molecule has 0 spiro atoms. The molecular weight excluding hydrogens is 284 g/mol. The smallest absolute Gasteiger partial charge is 0.194 e. The van der Waals surface area contributed by atoms with Crippen LogP contribution in [-0.4, -0.2) is 16.5 Å². The van der Waals surface area contributed by atoms with E-state index in [4.69, 9.17) is 0 Å². The Labute approximate surface area is 139 Å². The largest absolute Gasteiger partial charge is 0.377 e. The monoisotopic (exact) mass is 312 g/mol. The molecule has 2 nitrogen and oxygen atoms in total. The molecule has 1 aliphatic carbocycles. The van der Waals surface area contributed by atoms with E-state index in [1.54, 1.807) is 0 Å². The van der Waals surface area contributed by atoms with Gasteiger partial charge in [0.15, 0.2) is 5.78 Å². The number of aliphatic hydroxyl groups is 1. The summed E-state index contributed by atoms with van der Waals surface area (Å²) in [6.45, 7) is 4.23. The molecule has 1 atom stereocenters. The number of hydrogen-bond donors (Lipinski definition) is 1. The van der Waals surface area contributed by atoms with Crippen LogP contribution in [0.1, 0.15) is 64.4 Å². The van der Waals surface area contributed by atoms with Crippen LogP contribution in [0.4, 0.5) is 0 Å². The van der Waals surface area contributed by atoms with E-state index in [1.807, 2.05) is 42.5 Å².